The molecule has 108 valence electrons. The molecule has 0 saturated heterocycles. The molecule has 2 unspecified atom stereocenters. The first-order chi connectivity index (χ1) is 9.58. The van der Waals surface area contributed by atoms with Crippen LogP contribution in [0, 0.1) is 23.0 Å². The highest BCUT2D eigenvalue weighted by Crippen LogP contribution is 2.33. The van der Waals surface area contributed by atoms with E-state index in [-0.39, 0.29) is 11.9 Å². The summed E-state index contributed by atoms with van der Waals surface area (Å²) in [6.45, 7) is 2.81. The first-order valence-electron chi connectivity index (χ1n) is 6.86. The van der Waals surface area contributed by atoms with Crippen LogP contribution >= 0.6 is 0 Å². The van der Waals surface area contributed by atoms with Crippen LogP contribution in [0.2, 0.25) is 0 Å². The maximum Gasteiger partial charge on any atom is 0.167 e. The van der Waals surface area contributed by atoms with E-state index in [1.165, 1.54) is 12.1 Å². The minimum Gasteiger partial charge on any atom is -0.487 e. The van der Waals surface area contributed by atoms with Crippen molar-refractivity contribution in [1.82, 2.24) is 5.32 Å². The first-order valence-corrected chi connectivity index (χ1v) is 6.86. The van der Waals surface area contributed by atoms with Crippen molar-refractivity contribution in [3.05, 3.63) is 29.8 Å². The zero-order chi connectivity index (χ0) is 14.6. The number of nitrogens with zero attached hydrogens (tertiary/aromatic N) is 1. The Bertz CT molecular complexity index is 515. The van der Waals surface area contributed by atoms with Crippen molar-refractivity contribution in [1.29, 1.82) is 5.26 Å². The van der Waals surface area contributed by atoms with Crippen molar-refractivity contribution in [2.24, 2.45) is 0 Å². The van der Waals surface area contributed by atoms with Crippen LogP contribution in [0.15, 0.2) is 18.2 Å². The summed E-state index contributed by atoms with van der Waals surface area (Å²) in [5.74, 6) is -1.29. The molecule has 3 nitrogen and oxygen atoms in total. The van der Waals surface area contributed by atoms with E-state index in [4.69, 9.17) is 4.74 Å². The van der Waals surface area contributed by atoms with Gasteiger partial charge in [0, 0.05) is 12.5 Å². The van der Waals surface area contributed by atoms with E-state index in [2.05, 4.69) is 11.4 Å². The van der Waals surface area contributed by atoms with Gasteiger partial charge in [0.15, 0.2) is 11.6 Å². The van der Waals surface area contributed by atoms with Crippen LogP contribution in [0.25, 0.3) is 0 Å². The van der Waals surface area contributed by atoms with Gasteiger partial charge in [-0.3, -0.25) is 5.32 Å². The number of halogens is 2. The molecule has 1 aromatic carbocycles. The van der Waals surface area contributed by atoms with Gasteiger partial charge in [-0.05, 0) is 37.9 Å². The second-order valence-electron chi connectivity index (χ2n) is 5.18. The summed E-state index contributed by atoms with van der Waals surface area (Å²) >= 11 is 0. The van der Waals surface area contributed by atoms with Gasteiger partial charge in [-0.2, -0.15) is 5.26 Å². The second-order valence-corrected chi connectivity index (χ2v) is 5.18. The summed E-state index contributed by atoms with van der Waals surface area (Å²) in [6, 6.07) is 5.56. The molecule has 0 aliphatic heterocycles. The molecule has 1 N–H and O–H groups in total. The van der Waals surface area contributed by atoms with Crippen LogP contribution in [0.4, 0.5) is 8.78 Å². The summed E-state index contributed by atoms with van der Waals surface area (Å²) < 4.78 is 31.9. The highest BCUT2D eigenvalue weighted by Gasteiger charge is 2.40. The molecule has 1 aromatic rings. The van der Waals surface area contributed by atoms with Gasteiger partial charge < -0.3 is 4.74 Å². The SMILES string of the molecule is CCCNC1(C#N)CCC(Oc2ccc(F)cc2F)C1. The lowest BCUT2D eigenvalue weighted by atomic mass is 9.99. The van der Waals surface area contributed by atoms with Crippen LogP contribution in [-0.2, 0) is 0 Å². The van der Waals surface area contributed by atoms with Gasteiger partial charge in [0.1, 0.15) is 17.5 Å². The van der Waals surface area contributed by atoms with E-state index in [0.29, 0.717) is 19.3 Å². The Labute approximate surface area is 117 Å². The van der Waals surface area contributed by atoms with Crippen LogP contribution < -0.4 is 10.1 Å². The molecule has 1 saturated carbocycles. The molecule has 2 atom stereocenters. The number of benzene rings is 1. The number of ether oxygens (including phenoxy) is 1. The van der Waals surface area contributed by atoms with E-state index in [1.807, 2.05) is 6.92 Å². The van der Waals surface area contributed by atoms with Gasteiger partial charge in [0.25, 0.3) is 0 Å². The zero-order valence-corrected chi connectivity index (χ0v) is 11.5. The Hall–Kier alpha value is -1.67. The van der Waals surface area contributed by atoms with E-state index in [0.717, 1.165) is 19.0 Å². The van der Waals surface area contributed by atoms with E-state index in [9.17, 15) is 14.0 Å². The fourth-order valence-electron chi connectivity index (χ4n) is 2.52. The highest BCUT2D eigenvalue weighted by molar-refractivity contribution is 5.25. The third-order valence-electron chi connectivity index (χ3n) is 3.58. The standard InChI is InChI=1S/C15H18F2N2O/c1-2-7-19-15(10-18)6-5-12(9-15)20-14-4-3-11(16)8-13(14)17/h3-4,8,12,19H,2,5-7,9H2,1H3. The Kier molecular flexibility index (Phi) is 4.56. The molecule has 0 aromatic heterocycles. The maximum absolute atomic E-state index is 13.5. The fourth-order valence-corrected chi connectivity index (χ4v) is 2.52. The minimum atomic E-state index is -0.707. The van der Waals surface area contributed by atoms with E-state index >= 15 is 0 Å². The Morgan fingerprint density at radius 3 is 2.95 bits per heavy atom. The third-order valence-corrected chi connectivity index (χ3v) is 3.58. The van der Waals surface area contributed by atoms with Crippen molar-refractivity contribution < 1.29 is 13.5 Å². The Morgan fingerprint density at radius 2 is 2.30 bits per heavy atom. The molecule has 0 radical (unpaired) electrons. The average molecular weight is 280 g/mol. The Balaban J connectivity index is 2.00. The van der Waals surface area contributed by atoms with Gasteiger partial charge in [0.2, 0.25) is 0 Å². The summed E-state index contributed by atoms with van der Waals surface area (Å²) in [4.78, 5) is 0. The van der Waals surface area contributed by atoms with Crippen LogP contribution in [0.3, 0.4) is 0 Å². The molecule has 1 aliphatic carbocycles. The van der Waals surface area contributed by atoms with Crippen LogP contribution in [0.5, 0.6) is 5.75 Å². The quantitative estimate of drug-likeness (QED) is 0.901. The predicted molar refractivity (Wildman–Crippen MR) is 71.3 cm³/mol. The normalized spacial score (nSPS) is 25.4. The van der Waals surface area contributed by atoms with Crippen molar-refractivity contribution >= 4 is 0 Å². The predicted octanol–water partition coefficient (Wildman–Crippen LogP) is 3.16. The number of hydrogen-bond acceptors (Lipinski definition) is 3. The molecule has 0 spiro atoms. The van der Waals surface area contributed by atoms with Gasteiger partial charge in [-0.15, -0.1) is 0 Å². The van der Waals surface area contributed by atoms with Crippen molar-refractivity contribution in [3.63, 3.8) is 0 Å². The highest BCUT2D eigenvalue weighted by atomic mass is 19.1. The second kappa shape index (κ2) is 6.19. The van der Waals surface area contributed by atoms with Crippen LogP contribution in [0.1, 0.15) is 32.6 Å². The number of hydrogen-bond donors (Lipinski definition) is 1. The minimum absolute atomic E-state index is 0.0423. The lowest BCUT2D eigenvalue weighted by Gasteiger charge is -2.22. The lowest BCUT2D eigenvalue weighted by molar-refractivity contribution is 0.192. The van der Waals surface area contributed by atoms with Crippen LogP contribution in [-0.4, -0.2) is 18.2 Å². The average Bonchev–Trinajstić information content (AvgIpc) is 2.84. The molecular formula is C15H18F2N2O. The maximum atomic E-state index is 13.5. The van der Waals surface area contributed by atoms with Gasteiger partial charge in [-0.25, -0.2) is 8.78 Å². The van der Waals surface area contributed by atoms with Crippen molar-refractivity contribution in [2.75, 3.05) is 6.54 Å². The summed E-state index contributed by atoms with van der Waals surface area (Å²) in [6.07, 6.45) is 2.60. The number of rotatable bonds is 5. The molecular weight excluding hydrogens is 262 g/mol. The molecule has 1 aliphatic rings. The molecule has 2 rings (SSSR count). The van der Waals surface area contributed by atoms with Gasteiger partial charge >= 0.3 is 0 Å². The summed E-state index contributed by atoms with van der Waals surface area (Å²) in [7, 11) is 0. The summed E-state index contributed by atoms with van der Waals surface area (Å²) in [5.41, 5.74) is -0.586. The smallest absolute Gasteiger partial charge is 0.167 e. The topological polar surface area (TPSA) is 45.0 Å². The molecule has 0 amide bonds. The zero-order valence-electron chi connectivity index (χ0n) is 11.5. The van der Waals surface area contributed by atoms with Gasteiger partial charge in [0.05, 0.1) is 6.07 Å². The van der Waals surface area contributed by atoms with Crippen molar-refractivity contribution in [2.45, 2.75) is 44.2 Å². The molecule has 0 heterocycles. The molecule has 1 fully saturated rings. The fraction of sp³-hybridized carbons (Fsp3) is 0.533. The molecule has 0 bridgehead atoms. The first kappa shape index (κ1) is 14.7. The van der Waals surface area contributed by atoms with E-state index < -0.39 is 17.2 Å². The third kappa shape index (κ3) is 3.26. The van der Waals surface area contributed by atoms with E-state index in [1.54, 1.807) is 0 Å². The Morgan fingerprint density at radius 1 is 1.50 bits per heavy atom. The van der Waals surface area contributed by atoms with Gasteiger partial charge in [-0.1, -0.05) is 6.92 Å². The summed E-state index contributed by atoms with van der Waals surface area (Å²) in [5, 5.41) is 12.6. The molecule has 20 heavy (non-hydrogen) atoms. The lowest BCUT2D eigenvalue weighted by Crippen LogP contribution is -2.42. The van der Waals surface area contributed by atoms with Crippen molar-refractivity contribution in [3.8, 4) is 11.8 Å². The number of nitrogens with one attached hydrogen (secondary N) is 1. The number of nitriles is 1. The molecule has 5 heteroatoms. The monoisotopic (exact) mass is 280 g/mol. The largest absolute Gasteiger partial charge is 0.487 e.